The van der Waals surface area contributed by atoms with E-state index in [1.54, 1.807) is 12.3 Å². The van der Waals surface area contributed by atoms with E-state index in [1.807, 2.05) is 24.3 Å². The highest BCUT2D eigenvalue weighted by Crippen LogP contribution is 2.35. The summed E-state index contributed by atoms with van der Waals surface area (Å²) < 4.78 is 4.27. The van der Waals surface area contributed by atoms with Crippen molar-refractivity contribution in [3.05, 3.63) is 57.4 Å². The first-order valence-electron chi connectivity index (χ1n) is 8.74. The second-order valence-electron chi connectivity index (χ2n) is 6.59. The number of carbonyl (C=O) groups excluding carboxylic acids is 1. The molecule has 1 amide bonds. The number of halogens is 1. The number of imidazole rings is 1. The van der Waals surface area contributed by atoms with Crippen LogP contribution in [0.25, 0.3) is 11.0 Å². The van der Waals surface area contributed by atoms with Gasteiger partial charge in [0.15, 0.2) is 0 Å². The molecular weight excluding hydrogens is 396 g/mol. The molecule has 0 aliphatic heterocycles. The van der Waals surface area contributed by atoms with Crippen molar-refractivity contribution < 1.29 is 4.79 Å². The summed E-state index contributed by atoms with van der Waals surface area (Å²) in [5, 5.41) is 2.91. The highest BCUT2D eigenvalue weighted by molar-refractivity contribution is 9.10. The minimum Gasteiger partial charge on any atom is -0.307 e. The van der Waals surface area contributed by atoms with Gasteiger partial charge in [0.05, 0.1) is 11.0 Å². The van der Waals surface area contributed by atoms with Gasteiger partial charge in [0.2, 0.25) is 11.9 Å². The lowest BCUT2D eigenvalue weighted by molar-refractivity contribution is -0.116. The van der Waals surface area contributed by atoms with Gasteiger partial charge in [-0.05, 0) is 47.0 Å². The normalized spacial score (nSPS) is 14.8. The van der Waals surface area contributed by atoms with Gasteiger partial charge >= 0.3 is 0 Å². The molecule has 0 atom stereocenters. The minimum absolute atomic E-state index is 0.0495. The van der Waals surface area contributed by atoms with Crippen molar-refractivity contribution in [2.24, 2.45) is 0 Å². The van der Waals surface area contributed by atoms with Gasteiger partial charge < -0.3 is 9.13 Å². The third-order valence-electron chi connectivity index (χ3n) is 4.80. The Morgan fingerprint density at radius 3 is 2.77 bits per heavy atom. The Hall–Kier alpha value is -2.41. The molecule has 0 spiro atoms. The fourth-order valence-corrected chi connectivity index (χ4v) is 3.99. The second kappa shape index (κ2) is 7.07. The summed E-state index contributed by atoms with van der Waals surface area (Å²) in [4.78, 5) is 29.1. The summed E-state index contributed by atoms with van der Waals surface area (Å²) in [7, 11) is 0. The second-order valence-corrected chi connectivity index (χ2v) is 7.51. The predicted octanol–water partition coefficient (Wildman–Crippen LogP) is 3.71. The number of anilines is 1. The Kier molecular flexibility index (Phi) is 4.63. The number of nitrogens with one attached hydrogen (secondary N) is 1. The quantitative estimate of drug-likeness (QED) is 0.707. The van der Waals surface area contributed by atoms with Crippen molar-refractivity contribution in [1.82, 2.24) is 14.1 Å². The van der Waals surface area contributed by atoms with Gasteiger partial charge in [0, 0.05) is 22.8 Å². The lowest BCUT2D eigenvalue weighted by Gasteiger charge is -2.16. The zero-order valence-electron chi connectivity index (χ0n) is 14.2. The molecule has 6 nitrogen and oxygen atoms in total. The van der Waals surface area contributed by atoms with E-state index in [0.717, 1.165) is 28.3 Å². The molecule has 0 radical (unpaired) electrons. The number of aromatic nitrogens is 3. The number of carbonyl (C=O) groups is 1. The first kappa shape index (κ1) is 17.0. The van der Waals surface area contributed by atoms with Crippen molar-refractivity contribution >= 4 is 38.8 Å². The fraction of sp³-hybridized carbons (Fsp3) is 0.316. The summed E-state index contributed by atoms with van der Waals surface area (Å²) in [6.45, 7) is -0.0495. The van der Waals surface area contributed by atoms with E-state index in [0.29, 0.717) is 12.0 Å². The van der Waals surface area contributed by atoms with Crippen LogP contribution in [0, 0.1) is 0 Å². The zero-order valence-corrected chi connectivity index (χ0v) is 15.8. The molecule has 0 saturated heterocycles. The highest BCUT2D eigenvalue weighted by Gasteiger charge is 2.23. The van der Waals surface area contributed by atoms with Crippen molar-refractivity contribution in [2.45, 2.75) is 38.3 Å². The van der Waals surface area contributed by atoms with Gasteiger partial charge in [-0.2, -0.15) is 0 Å². The molecular formula is C19H19BrN4O2. The number of amides is 1. The largest absolute Gasteiger partial charge is 0.307 e. The molecule has 26 heavy (non-hydrogen) atoms. The number of pyridine rings is 1. The van der Waals surface area contributed by atoms with Gasteiger partial charge in [0.1, 0.15) is 6.54 Å². The third-order valence-corrected chi connectivity index (χ3v) is 5.27. The maximum Gasteiger partial charge on any atom is 0.251 e. The standard InChI is InChI=1S/C19H19BrN4O2/c20-13-9-10-18(26)23(11-13)12-17(25)22-19-21-15-7-3-4-8-16(15)24(19)14-5-1-2-6-14/h3-4,7-11,14H,1-2,5-6,12H2,(H,21,22,25). The van der Waals surface area contributed by atoms with Crippen LogP contribution in [0.15, 0.2) is 51.9 Å². The first-order chi connectivity index (χ1) is 12.6. The lowest BCUT2D eigenvalue weighted by Crippen LogP contribution is -2.28. The average molecular weight is 415 g/mol. The summed E-state index contributed by atoms with van der Waals surface area (Å²) >= 11 is 3.32. The number of fused-ring (bicyclic) bond motifs is 1. The molecule has 134 valence electrons. The summed E-state index contributed by atoms with van der Waals surface area (Å²) in [6, 6.07) is 11.4. The van der Waals surface area contributed by atoms with Gasteiger partial charge in [0.25, 0.3) is 5.56 Å². The number of nitrogens with zero attached hydrogens (tertiary/aromatic N) is 3. The number of hydrogen-bond donors (Lipinski definition) is 1. The molecule has 1 aliphatic rings. The van der Waals surface area contributed by atoms with Crippen LogP contribution in [-0.2, 0) is 11.3 Å². The van der Waals surface area contributed by atoms with Crippen LogP contribution >= 0.6 is 15.9 Å². The molecule has 3 aromatic rings. The molecule has 1 saturated carbocycles. The van der Waals surface area contributed by atoms with E-state index in [-0.39, 0.29) is 18.0 Å². The SMILES string of the molecule is O=C(Cn1cc(Br)ccc1=O)Nc1nc2ccccc2n1C1CCCC1. The van der Waals surface area contributed by atoms with E-state index in [9.17, 15) is 9.59 Å². The predicted molar refractivity (Wildman–Crippen MR) is 104 cm³/mol. The van der Waals surface area contributed by atoms with Crippen LogP contribution in [-0.4, -0.2) is 20.0 Å². The topological polar surface area (TPSA) is 68.9 Å². The van der Waals surface area contributed by atoms with E-state index in [4.69, 9.17) is 0 Å². The van der Waals surface area contributed by atoms with Crippen LogP contribution in [0.3, 0.4) is 0 Å². The third kappa shape index (κ3) is 3.31. The van der Waals surface area contributed by atoms with E-state index < -0.39 is 0 Å². The van der Waals surface area contributed by atoms with Crippen LogP contribution < -0.4 is 10.9 Å². The Bertz CT molecular complexity index is 1020. The van der Waals surface area contributed by atoms with Crippen LogP contribution in [0.4, 0.5) is 5.95 Å². The Labute approximate surface area is 159 Å². The van der Waals surface area contributed by atoms with E-state index >= 15 is 0 Å². The fourth-order valence-electron chi connectivity index (χ4n) is 3.61. The molecule has 7 heteroatoms. The molecule has 1 fully saturated rings. The summed E-state index contributed by atoms with van der Waals surface area (Å²) in [5.41, 5.74) is 1.69. The van der Waals surface area contributed by atoms with Crippen LogP contribution in [0.5, 0.6) is 0 Å². The number of benzene rings is 1. The highest BCUT2D eigenvalue weighted by atomic mass is 79.9. The summed E-state index contributed by atoms with van der Waals surface area (Å²) in [5.74, 6) is 0.297. The van der Waals surface area contributed by atoms with Gasteiger partial charge in [-0.25, -0.2) is 4.98 Å². The lowest BCUT2D eigenvalue weighted by atomic mass is 10.2. The van der Waals surface area contributed by atoms with Crippen molar-refractivity contribution in [1.29, 1.82) is 0 Å². The van der Waals surface area contributed by atoms with E-state index in [2.05, 4.69) is 30.8 Å². The molecule has 0 unspecified atom stereocenters. The van der Waals surface area contributed by atoms with E-state index in [1.165, 1.54) is 23.5 Å². The Morgan fingerprint density at radius 2 is 1.96 bits per heavy atom. The van der Waals surface area contributed by atoms with Crippen molar-refractivity contribution in [3.63, 3.8) is 0 Å². The minimum atomic E-state index is -0.264. The van der Waals surface area contributed by atoms with Crippen LogP contribution in [0.1, 0.15) is 31.7 Å². The molecule has 4 rings (SSSR count). The molecule has 2 heterocycles. The number of rotatable bonds is 4. The van der Waals surface area contributed by atoms with Crippen molar-refractivity contribution in [3.8, 4) is 0 Å². The molecule has 1 N–H and O–H groups in total. The Balaban J connectivity index is 1.64. The molecule has 2 aromatic heterocycles. The number of para-hydroxylation sites is 2. The van der Waals surface area contributed by atoms with Crippen LogP contribution in [0.2, 0.25) is 0 Å². The first-order valence-corrected chi connectivity index (χ1v) is 9.54. The molecule has 1 aliphatic carbocycles. The monoisotopic (exact) mass is 414 g/mol. The average Bonchev–Trinajstić information content (AvgIpc) is 3.24. The molecule has 1 aromatic carbocycles. The maximum atomic E-state index is 12.5. The summed E-state index contributed by atoms with van der Waals surface area (Å²) in [6.07, 6.45) is 6.18. The number of hydrogen-bond acceptors (Lipinski definition) is 3. The smallest absolute Gasteiger partial charge is 0.251 e. The zero-order chi connectivity index (χ0) is 18.1. The van der Waals surface area contributed by atoms with Gasteiger partial charge in [-0.1, -0.05) is 25.0 Å². The maximum absolute atomic E-state index is 12.5. The Morgan fingerprint density at radius 1 is 1.19 bits per heavy atom. The van der Waals surface area contributed by atoms with Gasteiger partial charge in [-0.15, -0.1) is 0 Å². The molecule has 0 bridgehead atoms. The van der Waals surface area contributed by atoms with Gasteiger partial charge in [-0.3, -0.25) is 14.9 Å². The van der Waals surface area contributed by atoms with Crippen molar-refractivity contribution in [2.75, 3.05) is 5.32 Å².